The zero-order valence-electron chi connectivity index (χ0n) is 4.54. The lowest BCUT2D eigenvalue weighted by Crippen LogP contribution is -1.90. The molecule has 47 valence electrons. The third kappa shape index (κ3) is 1.62. The number of hydrogen-bond acceptors (Lipinski definition) is 2. The van der Waals surface area contributed by atoms with Crippen molar-refractivity contribution >= 4 is 11.6 Å². The van der Waals surface area contributed by atoms with Crippen molar-refractivity contribution in [1.82, 2.24) is 9.97 Å². The van der Waals surface area contributed by atoms with Gasteiger partial charge in [0.1, 0.15) is 6.61 Å². The zero-order valence-corrected chi connectivity index (χ0v) is 5.30. The van der Waals surface area contributed by atoms with Crippen LogP contribution >= 0.6 is 11.6 Å². The largest absolute Gasteiger partial charge is 0.237 e. The fraction of sp³-hybridized carbons (Fsp3) is 0.200. The van der Waals surface area contributed by atoms with E-state index in [0.717, 1.165) is 0 Å². The van der Waals surface area contributed by atoms with Crippen LogP contribution in [0.4, 0.5) is 0 Å². The number of hydrogen-bond donors (Lipinski definition) is 0. The lowest BCUT2D eigenvalue weighted by Gasteiger charge is -1.89. The van der Waals surface area contributed by atoms with Gasteiger partial charge in [0, 0.05) is 12.4 Å². The second-order valence-electron chi connectivity index (χ2n) is 1.46. The van der Waals surface area contributed by atoms with Gasteiger partial charge in [-0.05, 0) is 0 Å². The molecular weight excluding hydrogens is 140 g/mol. The lowest BCUT2D eigenvalue weighted by atomic mass is 10.6. The Labute approximate surface area is 57.3 Å². The second kappa shape index (κ2) is 2.75. The molecule has 9 heavy (non-hydrogen) atoms. The van der Waals surface area contributed by atoms with Crippen LogP contribution < -0.4 is 0 Å². The first-order valence-corrected chi connectivity index (χ1v) is 2.75. The maximum absolute atomic E-state index is 10.1. The van der Waals surface area contributed by atoms with Crippen LogP contribution in [-0.4, -0.2) is 9.97 Å². The van der Waals surface area contributed by atoms with E-state index >= 15 is 0 Å². The molecule has 3 nitrogen and oxygen atoms in total. The summed E-state index contributed by atoms with van der Waals surface area (Å²) in [4.78, 5) is 7.28. The highest BCUT2D eigenvalue weighted by atomic mass is 35.5. The zero-order chi connectivity index (χ0) is 6.69. The van der Waals surface area contributed by atoms with Gasteiger partial charge in [0.25, 0.3) is 0 Å². The van der Waals surface area contributed by atoms with Gasteiger partial charge in [-0.1, -0.05) is 11.6 Å². The molecule has 0 amide bonds. The van der Waals surface area contributed by atoms with E-state index in [0.29, 0.717) is 5.02 Å². The molecule has 0 atom stereocenters. The van der Waals surface area contributed by atoms with E-state index in [1.807, 2.05) is 0 Å². The standard InChI is InChI=1S/C5H4ClN2O/c6-4-1-7-5(3-9)8-2-4/h1-2H,3H2. The van der Waals surface area contributed by atoms with Gasteiger partial charge < -0.3 is 0 Å². The van der Waals surface area contributed by atoms with Crippen LogP contribution in [-0.2, 0) is 11.7 Å². The van der Waals surface area contributed by atoms with Gasteiger partial charge in [-0.15, -0.1) is 0 Å². The lowest BCUT2D eigenvalue weighted by molar-refractivity contribution is 0.170. The first-order valence-electron chi connectivity index (χ1n) is 2.37. The predicted molar refractivity (Wildman–Crippen MR) is 31.4 cm³/mol. The van der Waals surface area contributed by atoms with Gasteiger partial charge in [0.05, 0.1) is 5.02 Å². The minimum absolute atomic E-state index is 0.277. The Bertz CT molecular complexity index is 187. The Morgan fingerprint density at radius 3 is 2.44 bits per heavy atom. The van der Waals surface area contributed by atoms with Gasteiger partial charge in [-0.2, -0.15) is 0 Å². The van der Waals surface area contributed by atoms with Crippen LogP contribution in [0.15, 0.2) is 12.4 Å². The maximum Gasteiger partial charge on any atom is 0.157 e. The highest BCUT2D eigenvalue weighted by molar-refractivity contribution is 6.30. The monoisotopic (exact) mass is 143 g/mol. The van der Waals surface area contributed by atoms with Crippen LogP contribution in [0.3, 0.4) is 0 Å². The normalized spacial score (nSPS) is 9.56. The molecule has 0 spiro atoms. The van der Waals surface area contributed by atoms with E-state index in [4.69, 9.17) is 11.6 Å². The smallest absolute Gasteiger partial charge is 0.157 e. The summed E-state index contributed by atoms with van der Waals surface area (Å²) >= 11 is 5.44. The average molecular weight is 144 g/mol. The molecule has 1 heterocycles. The Kier molecular flexibility index (Phi) is 1.97. The molecule has 1 aromatic heterocycles. The summed E-state index contributed by atoms with van der Waals surface area (Å²) in [5, 5.41) is 10.5. The van der Waals surface area contributed by atoms with Crippen molar-refractivity contribution in [1.29, 1.82) is 0 Å². The van der Waals surface area contributed by atoms with Crippen molar-refractivity contribution < 1.29 is 5.11 Å². The number of halogens is 1. The van der Waals surface area contributed by atoms with Crippen molar-refractivity contribution in [2.24, 2.45) is 0 Å². The molecule has 1 radical (unpaired) electrons. The summed E-state index contributed by atoms with van der Waals surface area (Å²) in [6.45, 7) is -0.392. The molecule has 0 N–H and O–H groups in total. The number of aromatic nitrogens is 2. The minimum Gasteiger partial charge on any atom is -0.237 e. The van der Waals surface area contributed by atoms with Gasteiger partial charge in [0.2, 0.25) is 0 Å². The van der Waals surface area contributed by atoms with Crippen molar-refractivity contribution in [2.75, 3.05) is 0 Å². The SMILES string of the molecule is [O]Cc1ncc(Cl)cn1. The molecular formula is C5H4ClN2O. The third-order valence-electron chi connectivity index (χ3n) is 0.803. The fourth-order valence-electron chi connectivity index (χ4n) is 0.414. The van der Waals surface area contributed by atoms with Crippen LogP contribution in [0.1, 0.15) is 5.82 Å². The quantitative estimate of drug-likeness (QED) is 0.590. The summed E-state index contributed by atoms with van der Waals surface area (Å²) < 4.78 is 0. The highest BCUT2D eigenvalue weighted by Gasteiger charge is 1.91. The van der Waals surface area contributed by atoms with Gasteiger partial charge in [-0.3, -0.25) is 0 Å². The van der Waals surface area contributed by atoms with E-state index in [-0.39, 0.29) is 5.82 Å². The molecule has 0 saturated carbocycles. The molecule has 0 unspecified atom stereocenters. The molecule has 0 saturated heterocycles. The highest BCUT2D eigenvalue weighted by Crippen LogP contribution is 2.01. The Balaban J connectivity index is 2.88. The van der Waals surface area contributed by atoms with E-state index < -0.39 is 6.61 Å². The van der Waals surface area contributed by atoms with E-state index in [1.54, 1.807) is 0 Å². The molecule has 1 aromatic rings. The third-order valence-corrected chi connectivity index (χ3v) is 0.998. The topological polar surface area (TPSA) is 45.7 Å². The molecule has 0 bridgehead atoms. The summed E-state index contributed by atoms with van der Waals surface area (Å²) in [5.74, 6) is 0.277. The van der Waals surface area contributed by atoms with E-state index in [2.05, 4.69) is 9.97 Å². The Morgan fingerprint density at radius 2 is 2.00 bits per heavy atom. The first-order chi connectivity index (χ1) is 4.33. The maximum atomic E-state index is 10.1. The van der Waals surface area contributed by atoms with Crippen LogP contribution in [0.25, 0.3) is 0 Å². The summed E-state index contributed by atoms with van der Waals surface area (Å²) in [7, 11) is 0. The van der Waals surface area contributed by atoms with Crippen molar-refractivity contribution in [3.63, 3.8) is 0 Å². The van der Waals surface area contributed by atoms with Crippen molar-refractivity contribution in [3.8, 4) is 0 Å². The number of rotatable bonds is 1. The summed E-state index contributed by atoms with van der Waals surface area (Å²) in [6, 6.07) is 0. The molecule has 4 heteroatoms. The molecule has 0 aliphatic rings. The number of nitrogens with zero attached hydrogens (tertiary/aromatic N) is 2. The predicted octanol–water partition coefficient (Wildman–Crippen LogP) is 1.06. The second-order valence-corrected chi connectivity index (χ2v) is 1.90. The van der Waals surface area contributed by atoms with Crippen LogP contribution in [0.5, 0.6) is 0 Å². The molecule has 1 rings (SSSR count). The summed E-state index contributed by atoms with van der Waals surface area (Å²) in [6.07, 6.45) is 2.81. The molecule has 0 aromatic carbocycles. The van der Waals surface area contributed by atoms with Crippen molar-refractivity contribution in [3.05, 3.63) is 23.2 Å². The van der Waals surface area contributed by atoms with Gasteiger partial charge in [0.15, 0.2) is 5.82 Å². The average Bonchev–Trinajstić information content (AvgIpc) is 1.90. The molecule has 0 aliphatic heterocycles. The van der Waals surface area contributed by atoms with Gasteiger partial charge in [-0.25, -0.2) is 15.1 Å². The van der Waals surface area contributed by atoms with Gasteiger partial charge >= 0.3 is 0 Å². The molecule has 0 aliphatic carbocycles. The Hall–Kier alpha value is -0.670. The minimum atomic E-state index is -0.392. The first kappa shape index (κ1) is 6.45. The molecule has 0 fully saturated rings. The van der Waals surface area contributed by atoms with Crippen LogP contribution in [0, 0.1) is 0 Å². The van der Waals surface area contributed by atoms with Crippen LogP contribution in [0.2, 0.25) is 5.02 Å². The Morgan fingerprint density at radius 1 is 1.44 bits per heavy atom. The summed E-state index contributed by atoms with van der Waals surface area (Å²) in [5.41, 5.74) is 0. The van der Waals surface area contributed by atoms with E-state index in [9.17, 15) is 5.11 Å². The fourth-order valence-corrected chi connectivity index (χ4v) is 0.511. The van der Waals surface area contributed by atoms with E-state index in [1.165, 1.54) is 12.4 Å². The van der Waals surface area contributed by atoms with Crippen molar-refractivity contribution in [2.45, 2.75) is 6.61 Å².